The number of anilines is 1. The summed E-state index contributed by atoms with van der Waals surface area (Å²) in [5, 5.41) is 31.0. The number of phenolic OH excluding ortho intramolecular Hbond substituents is 1. The van der Waals surface area contributed by atoms with Crippen molar-refractivity contribution < 1.29 is 19.4 Å². The number of aliphatic hydroxyl groups excluding tert-OH is 1. The van der Waals surface area contributed by atoms with Crippen LogP contribution in [0, 0.1) is 5.82 Å². The molecule has 0 spiro atoms. The van der Waals surface area contributed by atoms with Gasteiger partial charge in [0, 0.05) is 61.4 Å². The van der Waals surface area contributed by atoms with Crippen LogP contribution in [0.25, 0.3) is 33.2 Å². The third kappa shape index (κ3) is 4.31. The second-order valence-corrected chi connectivity index (χ2v) is 9.28. The average Bonchev–Trinajstić information content (AvgIpc) is 3.23. The molecule has 0 bridgehead atoms. The van der Waals surface area contributed by atoms with E-state index in [4.69, 9.17) is 0 Å². The predicted octanol–water partition coefficient (Wildman–Crippen LogP) is 1.94. The monoisotopic (exact) mass is 493 g/mol. The Morgan fingerprint density at radius 2 is 1.97 bits per heavy atom. The van der Waals surface area contributed by atoms with Crippen LogP contribution in [-0.4, -0.2) is 74.2 Å². The van der Waals surface area contributed by atoms with Crippen LogP contribution in [0.3, 0.4) is 0 Å². The number of hydrogen-bond acceptors (Lipinski definition) is 8. The molecule has 1 aliphatic heterocycles. The Morgan fingerprint density at radius 1 is 1.22 bits per heavy atom. The van der Waals surface area contributed by atoms with Crippen LogP contribution < -0.4 is 15.5 Å². The Hall–Kier alpha value is -3.83. The highest BCUT2D eigenvalue weighted by atomic mass is 19.1. The summed E-state index contributed by atoms with van der Waals surface area (Å²) in [6.07, 6.45) is 1.62. The quantitative estimate of drug-likeness (QED) is 0.332. The van der Waals surface area contributed by atoms with Gasteiger partial charge < -0.3 is 25.7 Å². The van der Waals surface area contributed by atoms with E-state index in [9.17, 15) is 19.4 Å². The molecular weight excluding hydrogens is 465 g/mol. The molecule has 10 nitrogen and oxygen atoms in total. The Labute approximate surface area is 206 Å². The first-order chi connectivity index (χ1) is 17.2. The summed E-state index contributed by atoms with van der Waals surface area (Å²) in [4.78, 5) is 24.4. The summed E-state index contributed by atoms with van der Waals surface area (Å²) in [5.41, 5.74) is 1.57. The molecule has 2 aromatic carbocycles. The van der Waals surface area contributed by atoms with E-state index >= 15 is 0 Å². The number of aryl methyl sites for hydroxylation is 1. The Kier molecular flexibility index (Phi) is 6.19. The molecule has 2 aromatic heterocycles. The SMILES string of the molecule is C[C@@H]1CN(c2ccc3nc(-c4cc5cn(C)nc5c(F)c4O)nc(C(=O)NCCO)c3c2)C[C@H](C)N1. The molecule has 1 aliphatic rings. The van der Waals surface area contributed by atoms with Gasteiger partial charge in [-0.3, -0.25) is 9.48 Å². The van der Waals surface area contributed by atoms with Crippen LogP contribution in [0.4, 0.5) is 10.1 Å². The van der Waals surface area contributed by atoms with E-state index in [2.05, 4.69) is 44.4 Å². The number of amides is 1. The fourth-order valence-electron chi connectivity index (χ4n) is 4.81. The average molecular weight is 494 g/mol. The summed E-state index contributed by atoms with van der Waals surface area (Å²) >= 11 is 0. The zero-order valence-corrected chi connectivity index (χ0v) is 20.3. The fraction of sp³-hybridized carbons (Fsp3) is 0.360. The Morgan fingerprint density at radius 3 is 2.69 bits per heavy atom. The van der Waals surface area contributed by atoms with E-state index in [0.29, 0.717) is 28.4 Å². The van der Waals surface area contributed by atoms with Gasteiger partial charge in [0.15, 0.2) is 17.4 Å². The number of aromatic hydroxyl groups is 1. The lowest BCUT2D eigenvalue weighted by atomic mass is 10.1. The molecule has 0 aliphatic carbocycles. The number of nitrogens with one attached hydrogen (secondary N) is 2. The molecule has 1 saturated heterocycles. The van der Waals surface area contributed by atoms with Crippen molar-refractivity contribution in [3.8, 4) is 17.1 Å². The van der Waals surface area contributed by atoms with Crippen LogP contribution >= 0.6 is 0 Å². The molecule has 2 atom stereocenters. The molecule has 1 fully saturated rings. The van der Waals surface area contributed by atoms with Crippen molar-refractivity contribution in [1.82, 2.24) is 30.4 Å². The first-order valence-electron chi connectivity index (χ1n) is 11.8. The number of aliphatic hydroxyl groups is 1. The zero-order chi connectivity index (χ0) is 25.6. The summed E-state index contributed by atoms with van der Waals surface area (Å²) in [7, 11) is 1.66. The van der Waals surface area contributed by atoms with Crippen molar-refractivity contribution in [1.29, 1.82) is 0 Å². The Balaban J connectivity index is 1.67. The maximum atomic E-state index is 14.9. The van der Waals surface area contributed by atoms with E-state index in [1.807, 2.05) is 12.1 Å². The van der Waals surface area contributed by atoms with Gasteiger partial charge in [0.2, 0.25) is 0 Å². The van der Waals surface area contributed by atoms with E-state index in [1.165, 1.54) is 4.68 Å². The molecule has 11 heteroatoms. The van der Waals surface area contributed by atoms with Gasteiger partial charge in [-0.1, -0.05) is 0 Å². The van der Waals surface area contributed by atoms with E-state index in [-0.39, 0.29) is 35.8 Å². The number of halogens is 1. The molecule has 3 heterocycles. The van der Waals surface area contributed by atoms with Crippen LogP contribution in [0.1, 0.15) is 24.3 Å². The lowest BCUT2D eigenvalue weighted by Crippen LogP contribution is -2.54. The van der Waals surface area contributed by atoms with Crippen molar-refractivity contribution >= 4 is 33.4 Å². The third-order valence-electron chi connectivity index (χ3n) is 6.28. The van der Waals surface area contributed by atoms with E-state index in [1.54, 1.807) is 25.4 Å². The smallest absolute Gasteiger partial charge is 0.270 e. The molecular formula is C25H28FN7O3. The van der Waals surface area contributed by atoms with Gasteiger partial charge >= 0.3 is 0 Å². The van der Waals surface area contributed by atoms with Crippen LogP contribution in [-0.2, 0) is 7.05 Å². The number of benzene rings is 2. The summed E-state index contributed by atoms with van der Waals surface area (Å²) in [6, 6.07) is 7.76. The number of piperazine rings is 1. The van der Waals surface area contributed by atoms with Crippen molar-refractivity contribution in [3.05, 3.63) is 42.0 Å². The van der Waals surface area contributed by atoms with Crippen LogP contribution in [0.5, 0.6) is 5.75 Å². The normalized spacial score (nSPS) is 18.2. The second kappa shape index (κ2) is 9.32. The maximum Gasteiger partial charge on any atom is 0.270 e. The van der Waals surface area contributed by atoms with Gasteiger partial charge in [0.25, 0.3) is 5.91 Å². The van der Waals surface area contributed by atoms with Crippen molar-refractivity contribution in [2.45, 2.75) is 25.9 Å². The highest BCUT2D eigenvalue weighted by molar-refractivity contribution is 6.06. The first kappa shape index (κ1) is 23.9. The Bertz CT molecular complexity index is 1460. The van der Waals surface area contributed by atoms with Gasteiger partial charge in [0.1, 0.15) is 11.2 Å². The summed E-state index contributed by atoms with van der Waals surface area (Å²) < 4.78 is 16.4. The highest BCUT2D eigenvalue weighted by Gasteiger charge is 2.24. The minimum Gasteiger partial charge on any atom is -0.504 e. The van der Waals surface area contributed by atoms with E-state index in [0.717, 1.165) is 18.8 Å². The number of hydrogen-bond donors (Lipinski definition) is 4. The molecule has 4 N–H and O–H groups in total. The third-order valence-corrected chi connectivity index (χ3v) is 6.28. The van der Waals surface area contributed by atoms with Gasteiger partial charge in [-0.15, -0.1) is 0 Å². The molecule has 1 amide bonds. The number of phenols is 1. The topological polar surface area (TPSA) is 128 Å². The zero-order valence-electron chi connectivity index (χ0n) is 20.3. The van der Waals surface area contributed by atoms with Gasteiger partial charge in [0.05, 0.1) is 17.7 Å². The fourth-order valence-corrected chi connectivity index (χ4v) is 4.81. The molecule has 4 aromatic rings. The van der Waals surface area contributed by atoms with Crippen LogP contribution in [0.2, 0.25) is 0 Å². The van der Waals surface area contributed by atoms with Crippen molar-refractivity contribution in [2.24, 2.45) is 7.05 Å². The summed E-state index contributed by atoms with van der Waals surface area (Å²) in [5.74, 6) is -2.01. The first-order valence-corrected chi connectivity index (χ1v) is 11.8. The van der Waals surface area contributed by atoms with Crippen LogP contribution in [0.15, 0.2) is 30.5 Å². The number of nitrogens with zero attached hydrogens (tertiary/aromatic N) is 5. The molecule has 0 unspecified atom stereocenters. The standard InChI is InChI=1S/C25H28FN7O3/c1-13-10-33(11-14(2)28-13)16-4-5-19-17(9-16)22(25(36)27-6-7-34)30-24(29-19)18-8-15-12-32(3)31-21(15)20(26)23(18)35/h4-5,8-9,12-14,28,34-35H,6-7,10-11H2,1-3H3,(H,27,36)/t13-,14+. The predicted molar refractivity (Wildman–Crippen MR) is 135 cm³/mol. The van der Waals surface area contributed by atoms with Crippen molar-refractivity contribution in [3.63, 3.8) is 0 Å². The minimum absolute atomic E-state index is 0.0102. The summed E-state index contributed by atoms with van der Waals surface area (Å²) in [6.45, 7) is 5.67. The van der Waals surface area contributed by atoms with Crippen molar-refractivity contribution in [2.75, 3.05) is 31.1 Å². The number of aromatic nitrogens is 4. The van der Waals surface area contributed by atoms with Gasteiger partial charge in [-0.25, -0.2) is 14.4 Å². The van der Waals surface area contributed by atoms with Gasteiger partial charge in [-0.2, -0.15) is 5.10 Å². The molecule has 0 saturated carbocycles. The lowest BCUT2D eigenvalue weighted by molar-refractivity contribution is 0.0941. The number of rotatable bonds is 5. The number of carbonyl (C=O) groups is 1. The molecule has 188 valence electrons. The largest absolute Gasteiger partial charge is 0.504 e. The second-order valence-electron chi connectivity index (χ2n) is 9.28. The molecule has 5 rings (SSSR count). The minimum atomic E-state index is -0.879. The van der Waals surface area contributed by atoms with E-state index < -0.39 is 17.5 Å². The maximum absolute atomic E-state index is 14.9. The highest BCUT2D eigenvalue weighted by Crippen LogP contribution is 2.36. The number of carbonyl (C=O) groups excluding carboxylic acids is 1. The molecule has 0 radical (unpaired) electrons. The number of fused-ring (bicyclic) bond motifs is 2. The van der Waals surface area contributed by atoms with Gasteiger partial charge in [-0.05, 0) is 38.1 Å². The lowest BCUT2D eigenvalue weighted by Gasteiger charge is -2.37. The molecule has 36 heavy (non-hydrogen) atoms.